The number of fused-ring (bicyclic) bond motifs is 2. The lowest BCUT2D eigenvalue weighted by Gasteiger charge is -2.36. The Labute approximate surface area is 218 Å². The Balaban J connectivity index is 0.00000137. The molecule has 2 atom stereocenters. The molecule has 3 saturated heterocycles. The fourth-order valence-corrected chi connectivity index (χ4v) is 6.70. The second-order valence-electron chi connectivity index (χ2n) is 11.0. The van der Waals surface area contributed by atoms with E-state index in [0.29, 0.717) is 27.8 Å². The quantitative estimate of drug-likeness (QED) is 0.556. The summed E-state index contributed by atoms with van der Waals surface area (Å²) in [4.78, 5) is 32.6. The lowest BCUT2D eigenvalue weighted by molar-refractivity contribution is -0.120. The minimum atomic E-state index is -0.617. The molecule has 2 aromatic rings. The minimum Gasteiger partial charge on any atom is -0.356 e. The Morgan fingerprint density at radius 2 is 1.92 bits per heavy atom. The zero-order valence-electron chi connectivity index (χ0n) is 22.5. The first-order chi connectivity index (χ1) is 17.8. The molecule has 3 aliphatic heterocycles. The summed E-state index contributed by atoms with van der Waals surface area (Å²) in [5.74, 6) is 0.144. The number of rotatable bonds is 4. The number of hydrogen-bond acceptors (Lipinski definition) is 5. The maximum atomic E-state index is 16.1. The van der Waals surface area contributed by atoms with Gasteiger partial charge in [0.1, 0.15) is 17.0 Å². The van der Waals surface area contributed by atoms with Crippen LogP contribution in [0.4, 0.5) is 14.9 Å². The zero-order chi connectivity index (χ0) is 26.4. The molecular weight excluding hydrogens is 471 g/mol. The van der Waals surface area contributed by atoms with Crippen molar-refractivity contribution in [2.75, 3.05) is 31.1 Å². The van der Waals surface area contributed by atoms with Gasteiger partial charge in [-0.05, 0) is 51.2 Å². The third-order valence-electron chi connectivity index (χ3n) is 8.64. The third kappa shape index (κ3) is 4.52. The summed E-state index contributed by atoms with van der Waals surface area (Å²) in [6, 6.07) is 4.89. The number of amides is 3. The lowest BCUT2D eigenvalue weighted by Crippen LogP contribution is -2.49. The van der Waals surface area contributed by atoms with E-state index in [2.05, 4.69) is 22.1 Å². The van der Waals surface area contributed by atoms with E-state index in [0.717, 1.165) is 32.0 Å². The van der Waals surface area contributed by atoms with Gasteiger partial charge < -0.3 is 4.74 Å². The van der Waals surface area contributed by atoms with Crippen LogP contribution in [0.25, 0.3) is 10.9 Å². The summed E-state index contributed by atoms with van der Waals surface area (Å²) in [5.41, 5.74) is 1.26. The first-order valence-electron chi connectivity index (χ1n) is 13.9. The highest BCUT2D eigenvalue weighted by atomic mass is 19.1. The van der Waals surface area contributed by atoms with Gasteiger partial charge in [0.05, 0.1) is 16.9 Å². The minimum absolute atomic E-state index is 0.207. The largest absolute Gasteiger partial charge is 0.356 e. The number of urea groups is 1. The number of aryl methyl sites for hydroxylation is 1. The van der Waals surface area contributed by atoms with Crippen molar-refractivity contribution in [2.45, 2.75) is 83.8 Å². The summed E-state index contributed by atoms with van der Waals surface area (Å²) in [6.07, 6.45) is 7.64. The van der Waals surface area contributed by atoms with Crippen molar-refractivity contribution < 1.29 is 18.7 Å². The van der Waals surface area contributed by atoms with Crippen molar-refractivity contribution in [1.82, 2.24) is 15.2 Å². The summed E-state index contributed by atoms with van der Waals surface area (Å²) >= 11 is 0. The van der Waals surface area contributed by atoms with E-state index < -0.39 is 17.2 Å². The molecule has 1 aromatic carbocycles. The predicted molar refractivity (Wildman–Crippen MR) is 142 cm³/mol. The Morgan fingerprint density at radius 3 is 2.62 bits per heavy atom. The van der Waals surface area contributed by atoms with Crippen molar-refractivity contribution in [1.29, 1.82) is 0 Å². The number of pyridine rings is 1. The molecule has 4 heterocycles. The van der Waals surface area contributed by atoms with Crippen LogP contribution in [-0.2, 0) is 15.1 Å². The molecule has 4 aliphatic rings. The smallest absolute Gasteiger partial charge is 0.328 e. The summed E-state index contributed by atoms with van der Waals surface area (Å²) in [5, 5.41) is 2.71. The van der Waals surface area contributed by atoms with E-state index in [4.69, 9.17) is 4.74 Å². The van der Waals surface area contributed by atoms with Crippen molar-refractivity contribution in [3.63, 3.8) is 0 Å². The number of epoxide rings is 1. The Bertz CT molecular complexity index is 1210. The lowest BCUT2D eigenvalue weighted by atomic mass is 9.80. The Morgan fingerprint density at radius 1 is 1.16 bits per heavy atom. The number of halogens is 1. The fraction of sp³-hybridized carbons (Fsp3) is 0.621. The maximum absolute atomic E-state index is 16.1. The standard InChI is InChI=1S/C27H33FN4O3.C2H6/c1-17-22(32-12-10-23(33)30-25(32)34)14-19-21(29-17)9-8-20(24(19)28)27-11-13-31(16-26(27,2)35-27)15-18-6-4-3-5-7-18;1-2/h8-9,14,18H,3-7,10-13,15-16H2,1-2H3,(H,30,33,34);1-2H3. The molecule has 0 bridgehead atoms. The Hall–Kier alpha value is -2.58. The van der Waals surface area contributed by atoms with Crippen molar-refractivity contribution in [3.8, 4) is 0 Å². The van der Waals surface area contributed by atoms with E-state index >= 15 is 4.39 Å². The van der Waals surface area contributed by atoms with Gasteiger partial charge in [0, 0.05) is 43.5 Å². The van der Waals surface area contributed by atoms with Crippen LogP contribution >= 0.6 is 0 Å². The molecule has 1 aliphatic carbocycles. The highest BCUT2D eigenvalue weighted by Gasteiger charge is 2.70. The normalized spacial score (nSPS) is 28.4. The topological polar surface area (TPSA) is 78.1 Å². The molecule has 1 aromatic heterocycles. The van der Waals surface area contributed by atoms with Gasteiger partial charge >= 0.3 is 6.03 Å². The number of nitrogens with zero attached hydrogens (tertiary/aromatic N) is 3. The van der Waals surface area contributed by atoms with Crippen LogP contribution in [0.15, 0.2) is 18.2 Å². The average Bonchev–Trinajstić information content (AvgIpc) is 3.52. The number of nitrogens with one attached hydrogen (secondary N) is 1. The fourth-order valence-electron chi connectivity index (χ4n) is 6.70. The number of carbonyl (C=O) groups is 2. The third-order valence-corrected chi connectivity index (χ3v) is 8.64. The molecule has 200 valence electrons. The maximum Gasteiger partial charge on any atom is 0.328 e. The molecule has 2 unspecified atom stereocenters. The molecule has 8 heteroatoms. The van der Waals surface area contributed by atoms with Crippen molar-refractivity contribution in [2.24, 2.45) is 5.92 Å². The van der Waals surface area contributed by atoms with Gasteiger partial charge in [-0.25, -0.2) is 9.18 Å². The number of imide groups is 1. The molecule has 0 radical (unpaired) electrons. The number of likely N-dealkylation sites (tertiary alicyclic amines) is 1. The van der Waals surface area contributed by atoms with Gasteiger partial charge in [-0.3, -0.25) is 24.9 Å². The molecule has 6 rings (SSSR count). The van der Waals surface area contributed by atoms with Crippen molar-refractivity contribution in [3.05, 3.63) is 35.3 Å². The number of hydrogen-bond donors (Lipinski definition) is 1. The predicted octanol–water partition coefficient (Wildman–Crippen LogP) is 5.43. The molecule has 3 amide bonds. The number of ether oxygens (including phenoxy) is 1. The van der Waals surface area contributed by atoms with E-state index in [-0.39, 0.29) is 24.7 Å². The molecule has 37 heavy (non-hydrogen) atoms. The number of anilines is 1. The number of aromatic nitrogens is 1. The van der Waals surface area contributed by atoms with Crippen LogP contribution in [-0.4, -0.2) is 53.6 Å². The van der Waals surface area contributed by atoms with E-state index in [1.54, 1.807) is 13.0 Å². The van der Waals surface area contributed by atoms with Crippen LogP contribution < -0.4 is 10.2 Å². The average molecular weight is 511 g/mol. The van der Waals surface area contributed by atoms with Gasteiger partial charge in [-0.15, -0.1) is 0 Å². The second-order valence-corrected chi connectivity index (χ2v) is 11.0. The van der Waals surface area contributed by atoms with Gasteiger partial charge in [0.2, 0.25) is 5.91 Å². The molecule has 0 spiro atoms. The first kappa shape index (κ1) is 26.0. The monoisotopic (exact) mass is 510 g/mol. The molecule has 7 nitrogen and oxygen atoms in total. The van der Waals surface area contributed by atoms with Crippen molar-refractivity contribution >= 4 is 28.5 Å². The van der Waals surface area contributed by atoms with Crippen LogP contribution in [0.1, 0.15) is 77.0 Å². The summed E-state index contributed by atoms with van der Waals surface area (Å²) < 4.78 is 22.5. The van der Waals surface area contributed by atoms with E-state index in [1.807, 2.05) is 26.0 Å². The van der Waals surface area contributed by atoms with Gasteiger partial charge in [0.15, 0.2) is 0 Å². The van der Waals surface area contributed by atoms with Gasteiger partial charge in [-0.1, -0.05) is 39.2 Å². The number of carbonyl (C=O) groups excluding carboxylic acids is 2. The van der Waals surface area contributed by atoms with Crippen LogP contribution in [0.3, 0.4) is 0 Å². The molecule has 1 saturated carbocycles. The highest BCUT2D eigenvalue weighted by molar-refractivity contribution is 6.06. The molecular formula is C29H39FN4O3. The highest BCUT2D eigenvalue weighted by Crippen LogP contribution is 2.61. The van der Waals surface area contributed by atoms with Crippen LogP contribution in [0.5, 0.6) is 0 Å². The number of benzene rings is 1. The van der Waals surface area contributed by atoms with Gasteiger partial charge in [-0.2, -0.15) is 0 Å². The van der Waals surface area contributed by atoms with E-state index in [1.165, 1.54) is 37.0 Å². The summed E-state index contributed by atoms with van der Waals surface area (Å²) in [6.45, 7) is 11.0. The van der Waals surface area contributed by atoms with Gasteiger partial charge in [0.25, 0.3) is 0 Å². The SMILES string of the molecule is CC.Cc1nc2ccc(C34CCN(CC5CCCCC5)CC3(C)O4)c(F)c2cc1N1CCC(=O)NC1=O. The Kier molecular flexibility index (Phi) is 7.00. The van der Waals surface area contributed by atoms with E-state index in [9.17, 15) is 9.59 Å². The zero-order valence-corrected chi connectivity index (χ0v) is 22.5. The second kappa shape index (κ2) is 9.95. The number of piperidine rings is 1. The molecule has 1 N–H and O–H groups in total. The van der Waals surface area contributed by atoms with Crippen LogP contribution in [0, 0.1) is 18.7 Å². The van der Waals surface area contributed by atoms with Crippen LogP contribution in [0.2, 0.25) is 0 Å². The molecule has 4 fully saturated rings. The first-order valence-corrected chi connectivity index (χ1v) is 13.9. The summed E-state index contributed by atoms with van der Waals surface area (Å²) in [7, 11) is 0.